The van der Waals surface area contributed by atoms with Gasteiger partial charge in [0.25, 0.3) is 0 Å². The maximum Gasteiger partial charge on any atom is 0.245 e. The van der Waals surface area contributed by atoms with E-state index in [1.807, 2.05) is 6.92 Å². The number of rotatable bonds is 9. The largest absolute Gasteiger partial charge is 0.360 e. The van der Waals surface area contributed by atoms with Gasteiger partial charge in [-0.1, -0.05) is 31.8 Å². The van der Waals surface area contributed by atoms with Gasteiger partial charge < -0.3 is 14.7 Å². The molecule has 1 aromatic rings. The summed E-state index contributed by atoms with van der Waals surface area (Å²) < 4.78 is 4.89. The van der Waals surface area contributed by atoms with E-state index in [1.54, 1.807) is 17.9 Å². The third-order valence-electron chi connectivity index (χ3n) is 3.08. The number of carbonyl (C=O) groups is 2. The van der Waals surface area contributed by atoms with Gasteiger partial charge in [-0.05, 0) is 19.8 Å². The average molecular weight is 295 g/mol. The van der Waals surface area contributed by atoms with E-state index in [4.69, 9.17) is 4.52 Å². The number of unbranched alkanes of at least 4 members (excludes halogenated alkanes) is 2. The Morgan fingerprint density at radius 3 is 2.62 bits per heavy atom. The fourth-order valence-electron chi connectivity index (χ4n) is 2.00. The second-order valence-corrected chi connectivity index (χ2v) is 5.14. The van der Waals surface area contributed by atoms with E-state index in [0.717, 1.165) is 25.7 Å². The van der Waals surface area contributed by atoms with Crippen molar-refractivity contribution in [1.82, 2.24) is 10.1 Å². The fraction of sp³-hybridized carbons (Fsp3) is 0.667. The molecule has 0 saturated heterocycles. The third-order valence-corrected chi connectivity index (χ3v) is 3.08. The molecule has 6 heteroatoms. The quantitative estimate of drug-likeness (QED) is 0.711. The molecule has 1 N–H and O–H groups in total. The lowest BCUT2D eigenvalue weighted by atomic mass is 10.2. The SMILES string of the molecule is CCCCCN(CC(=O)Nc1cc(C)on1)C(=O)CCC. The van der Waals surface area contributed by atoms with Crippen LogP contribution >= 0.6 is 0 Å². The molecule has 118 valence electrons. The number of hydrogen-bond donors (Lipinski definition) is 1. The maximum atomic E-state index is 12.0. The Morgan fingerprint density at radius 2 is 2.05 bits per heavy atom. The van der Waals surface area contributed by atoms with Gasteiger partial charge in [0.1, 0.15) is 5.76 Å². The fourth-order valence-corrected chi connectivity index (χ4v) is 2.00. The second kappa shape index (κ2) is 9.15. The summed E-state index contributed by atoms with van der Waals surface area (Å²) in [5.74, 6) is 0.797. The van der Waals surface area contributed by atoms with E-state index in [0.29, 0.717) is 24.5 Å². The number of nitrogens with zero attached hydrogens (tertiary/aromatic N) is 2. The highest BCUT2D eigenvalue weighted by atomic mass is 16.5. The van der Waals surface area contributed by atoms with Gasteiger partial charge in [0, 0.05) is 19.0 Å². The first-order valence-corrected chi connectivity index (χ1v) is 7.57. The smallest absolute Gasteiger partial charge is 0.245 e. The Labute approximate surface area is 125 Å². The Hall–Kier alpha value is -1.85. The van der Waals surface area contributed by atoms with Gasteiger partial charge >= 0.3 is 0 Å². The van der Waals surface area contributed by atoms with Crippen molar-refractivity contribution in [3.05, 3.63) is 11.8 Å². The summed E-state index contributed by atoms with van der Waals surface area (Å²) in [6.45, 7) is 6.51. The first-order valence-electron chi connectivity index (χ1n) is 7.57. The van der Waals surface area contributed by atoms with Gasteiger partial charge in [-0.2, -0.15) is 0 Å². The van der Waals surface area contributed by atoms with Crippen LogP contribution in [0.2, 0.25) is 0 Å². The van der Waals surface area contributed by atoms with Gasteiger partial charge in [-0.25, -0.2) is 0 Å². The van der Waals surface area contributed by atoms with Gasteiger partial charge in [0.05, 0.1) is 6.54 Å². The van der Waals surface area contributed by atoms with E-state index in [-0.39, 0.29) is 18.4 Å². The van der Waals surface area contributed by atoms with Crippen LogP contribution in [0.5, 0.6) is 0 Å². The zero-order valence-corrected chi connectivity index (χ0v) is 13.1. The molecule has 21 heavy (non-hydrogen) atoms. The Kier molecular flexibility index (Phi) is 7.50. The molecular weight excluding hydrogens is 270 g/mol. The van der Waals surface area contributed by atoms with Gasteiger partial charge in [0.2, 0.25) is 11.8 Å². The zero-order valence-electron chi connectivity index (χ0n) is 13.1. The van der Waals surface area contributed by atoms with E-state index in [1.165, 1.54) is 0 Å². The van der Waals surface area contributed by atoms with Crippen LogP contribution in [0.15, 0.2) is 10.6 Å². The molecule has 0 unspecified atom stereocenters. The van der Waals surface area contributed by atoms with Crippen molar-refractivity contribution >= 4 is 17.6 Å². The van der Waals surface area contributed by atoms with Gasteiger partial charge in [-0.15, -0.1) is 0 Å². The lowest BCUT2D eigenvalue weighted by Crippen LogP contribution is -2.38. The van der Waals surface area contributed by atoms with Crippen LogP contribution in [0.1, 0.15) is 51.7 Å². The molecule has 0 spiro atoms. The van der Waals surface area contributed by atoms with Crippen LogP contribution in [0.25, 0.3) is 0 Å². The molecule has 0 aliphatic rings. The van der Waals surface area contributed by atoms with E-state index in [9.17, 15) is 9.59 Å². The van der Waals surface area contributed by atoms with Gasteiger partial charge in [-0.3, -0.25) is 9.59 Å². The average Bonchev–Trinajstić information content (AvgIpc) is 2.83. The van der Waals surface area contributed by atoms with E-state index >= 15 is 0 Å². The van der Waals surface area contributed by atoms with Crippen molar-refractivity contribution in [2.24, 2.45) is 0 Å². The van der Waals surface area contributed by atoms with Gasteiger partial charge in [0.15, 0.2) is 5.82 Å². The van der Waals surface area contributed by atoms with Crippen LogP contribution in [0.4, 0.5) is 5.82 Å². The first-order chi connectivity index (χ1) is 10.1. The summed E-state index contributed by atoms with van der Waals surface area (Å²) in [6.07, 6.45) is 4.32. The molecule has 1 rings (SSSR count). The normalized spacial score (nSPS) is 10.4. The molecule has 0 aromatic carbocycles. The topological polar surface area (TPSA) is 75.4 Å². The van der Waals surface area contributed by atoms with Crippen LogP contribution in [-0.2, 0) is 9.59 Å². The maximum absolute atomic E-state index is 12.0. The number of carbonyl (C=O) groups excluding carboxylic acids is 2. The van der Waals surface area contributed by atoms with Crippen LogP contribution in [0, 0.1) is 6.92 Å². The van der Waals surface area contributed by atoms with Crippen molar-refractivity contribution in [2.75, 3.05) is 18.4 Å². The number of hydrogen-bond acceptors (Lipinski definition) is 4. The number of nitrogens with one attached hydrogen (secondary N) is 1. The van der Waals surface area contributed by atoms with Crippen molar-refractivity contribution < 1.29 is 14.1 Å². The van der Waals surface area contributed by atoms with E-state index < -0.39 is 0 Å². The summed E-state index contributed by atoms with van der Waals surface area (Å²) in [4.78, 5) is 25.7. The molecule has 0 saturated carbocycles. The summed E-state index contributed by atoms with van der Waals surface area (Å²) >= 11 is 0. The molecule has 0 aliphatic heterocycles. The summed E-state index contributed by atoms with van der Waals surface area (Å²) in [5, 5.41) is 6.35. The lowest BCUT2D eigenvalue weighted by Gasteiger charge is -2.21. The van der Waals surface area contributed by atoms with Crippen LogP contribution in [0.3, 0.4) is 0 Å². The summed E-state index contributed by atoms with van der Waals surface area (Å²) in [7, 11) is 0. The summed E-state index contributed by atoms with van der Waals surface area (Å²) in [5.41, 5.74) is 0. The number of aryl methyl sites for hydroxylation is 1. The zero-order chi connectivity index (χ0) is 15.7. The minimum absolute atomic E-state index is 0.0279. The molecule has 1 aromatic heterocycles. The number of amides is 2. The lowest BCUT2D eigenvalue weighted by molar-refractivity contribution is -0.134. The van der Waals surface area contributed by atoms with E-state index in [2.05, 4.69) is 17.4 Å². The van der Waals surface area contributed by atoms with Crippen molar-refractivity contribution in [3.63, 3.8) is 0 Å². The number of anilines is 1. The highest BCUT2D eigenvalue weighted by molar-refractivity contribution is 5.93. The predicted octanol–water partition coefficient (Wildman–Crippen LogP) is 2.74. The summed E-state index contributed by atoms with van der Waals surface area (Å²) in [6, 6.07) is 1.65. The van der Waals surface area contributed by atoms with Crippen LogP contribution in [-0.4, -0.2) is 35.0 Å². The molecule has 0 fully saturated rings. The highest BCUT2D eigenvalue weighted by Crippen LogP contribution is 2.08. The molecule has 1 heterocycles. The van der Waals surface area contributed by atoms with Crippen molar-refractivity contribution in [3.8, 4) is 0 Å². The molecule has 0 aliphatic carbocycles. The minimum Gasteiger partial charge on any atom is -0.360 e. The molecule has 0 atom stereocenters. The molecular formula is C15H25N3O3. The minimum atomic E-state index is -0.246. The molecule has 2 amide bonds. The number of aromatic nitrogens is 1. The predicted molar refractivity (Wildman–Crippen MR) is 80.9 cm³/mol. The molecule has 6 nitrogen and oxygen atoms in total. The standard InChI is InChI=1S/C15H25N3O3/c1-4-6-7-9-18(15(20)8-5-2)11-14(19)16-13-10-12(3)21-17-13/h10H,4-9,11H2,1-3H3,(H,16,17,19). The Balaban J connectivity index is 2.53. The Morgan fingerprint density at radius 1 is 1.29 bits per heavy atom. The molecule has 0 radical (unpaired) electrons. The monoisotopic (exact) mass is 295 g/mol. The van der Waals surface area contributed by atoms with Crippen molar-refractivity contribution in [2.45, 2.75) is 52.9 Å². The highest BCUT2D eigenvalue weighted by Gasteiger charge is 2.16. The third kappa shape index (κ3) is 6.42. The molecule has 0 bridgehead atoms. The Bertz CT molecular complexity index is 457. The van der Waals surface area contributed by atoms with Crippen molar-refractivity contribution in [1.29, 1.82) is 0 Å². The first kappa shape index (κ1) is 17.2. The van der Waals surface area contributed by atoms with Crippen LogP contribution < -0.4 is 5.32 Å². The second-order valence-electron chi connectivity index (χ2n) is 5.14.